The Hall–Kier alpha value is -4.00. The zero-order valence-electron chi connectivity index (χ0n) is 20.0. The van der Waals surface area contributed by atoms with Crippen LogP contribution in [0.4, 0.5) is 11.5 Å². The van der Waals surface area contributed by atoms with E-state index in [2.05, 4.69) is 33.4 Å². The van der Waals surface area contributed by atoms with Gasteiger partial charge in [-0.15, -0.1) is 5.10 Å². The molecule has 1 aliphatic rings. The molecule has 0 aliphatic carbocycles. The summed E-state index contributed by atoms with van der Waals surface area (Å²) in [5.41, 5.74) is 3.89. The standard InChI is InChI=1S/C28H30N6O/c1-32(26-10-3-2-4-11-26)27-13-12-25(30-31-27)18-23-8-6-15-34(20-23)28(35)24-9-5-7-22(17-24)19-33-16-14-29-21-33/h2-5,7,9-14,16-17,21,23H,6,8,15,18-20H2,1H3/t23-/m1/s1. The van der Waals surface area contributed by atoms with Crippen LogP contribution in [0.2, 0.25) is 0 Å². The lowest BCUT2D eigenvalue weighted by Gasteiger charge is -2.33. The predicted molar refractivity (Wildman–Crippen MR) is 137 cm³/mol. The van der Waals surface area contributed by atoms with Crippen molar-refractivity contribution in [1.82, 2.24) is 24.6 Å². The van der Waals surface area contributed by atoms with Crippen molar-refractivity contribution in [3.05, 3.63) is 102 Å². The van der Waals surface area contributed by atoms with E-state index in [1.165, 1.54) is 0 Å². The Morgan fingerprint density at radius 2 is 1.94 bits per heavy atom. The van der Waals surface area contributed by atoms with Crippen LogP contribution in [0.15, 0.2) is 85.5 Å². The topological polar surface area (TPSA) is 67.2 Å². The van der Waals surface area contributed by atoms with E-state index in [1.807, 2.05) is 76.1 Å². The molecule has 0 N–H and O–H groups in total. The molecule has 0 saturated carbocycles. The van der Waals surface area contributed by atoms with E-state index >= 15 is 0 Å². The molecule has 178 valence electrons. The number of anilines is 2. The molecule has 35 heavy (non-hydrogen) atoms. The molecule has 1 saturated heterocycles. The van der Waals surface area contributed by atoms with Crippen molar-refractivity contribution >= 4 is 17.4 Å². The summed E-state index contributed by atoms with van der Waals surface area (Å²) in [6, 6.07) is 22.1. The number of carbonyl (C=O) groups is 1. The van der Waals surface area contributed by atoms with E-state index in [4.69, 9.17) is 0 Å². The van der Waals surface area contributed by atoms with Crippen molar-refractivity contribution in [3.63, 3.8) is 0 Å². The second-order valence-corrected chi connectivity index (χ2v) is 9.18. The number of imidazole rings is 1. The van der Waals surface area contributed by atoms with Gasteiger partial charge in [0.1, 0.15) is 0 Å². The Labute approximate surface area is 206 Å². The van der Waals surface area contributed by atoms with Crippen LogP contribution in [-0.4, -0.2) is 50.7 Å². The zero-order valence-corrected chi connectivity index (χ0v) is 20.0. The number of nitrogens with zero attached hydrogens (tertiary/aromatic N) is 6. The fraction of sp³-hybridized carbons (Fsp3) is 0.286. The average Bonchev–Trinajstić information content (AvgIpc) is 3.42. The summed E-state index contributed by atoms with van der Waals surface area (Å²) in [5.74, 6) is 1.30. The molecular formula is C28H30N6O. The number of hydrogen-bond acceptors (Lipinski definition) is 5. The van der Waals surface area contributed by atoms with Gasteiger partial charge in [0.25, 0.3) is 5.91 Å². The van der Waals surface area contributed by atoms with Gasteiger partial charge in [-0.05, 0) is 67.1 Å². The maximum atomic E-state index is 13.3. The molecule has 2 aromatic carbocycles. The number of amides is 1. The SMILES string of the molecule is CN(c1ccccc1)c1ccc(C[C@H]2CCCN(C(=O)c3cccc(Cn4ccnc4)c3)C2)nn1. The molecule has 1 amide bonds. The monoisotopic (exact) mass is 466 g/mol. The van der Waals surface area contributed by atoms with Crippen molar-refractivity contribution in [2.75, 3.05) is 25.0 Å². The molecule has 2 aromatic heterocycles. The van der Waals surface area contributed by atoms with Crippen molar-refractivity contribution < 1.29 is 4.79 Å². The molecular weight excluding hydrogens is 436 g/mol. The minimum Gasteiger partial charge on any atom is -0.338 e. The Bertz CT molecular complexity index is 1240. The number of hydrogen-bond donors (Lipinski definition) is 0. The summed E-state index contributed by atoms with van der Waals surface area (Å²) in [6.45, 7) is 2.25. The van der Waals surface area contributed by atoms with Crippen LogP contribution < -0.4 is 4.90 Å². The lowest BCUT2D eigenvalue weighted by atomic mass is 9.92. The molecule has 7 heteroatoms. The molecule has 3 heterocycles. The van der Waals surface area contributed by atoms with Gasteiger partial charge in [0, 0.05) is 50.3 Å². The van der Waals surface area contributed by atoms with E-state index in [9.17, 15) is 4.79 Å². The van der Waals surface area contributed by atoms with E-state index in [-0.39, 0.29) is 5.91 Å². The summed E-state index contributed by atoms with van der Waals surface area (Å²) >= 11 is 0. The maximum absolute atomic E-state index is 13.3. The van der Waals surface area contributed by atoms with Crippen LogP contribution in [0, 0.1) is 5.92 Å². The van der Waals surface area contributed by atoms with Gasteiger partial charge in [-0.2, -0.15) is 5.10 Å². The largest absolute Gasteiger partial charge is 0.338 e. The fourth-order valence-electron chi connectivity index (χ4n) is 4.71. The Balaban J connectivity index is 1.20. The number of rotatable bonds is 7. The molecule has 1 fully saturated rings. The quantitative estimate of drug-likeness (QED) is 0.399. The lowest BCUT2D eigenvalue weighted by molar-refractivity contribution is 0.0672. The van der Waals surface area contributed by atoms with Gasteiger partial charge in [-0.1, -0.05) is 30.3 Å². The van der Waals surface area contributed by atoms with E-state index in [0.29, 0.717) is 12.5 Å². The highest BCUT2D eigenvalue weighted by atomic mass is 16.2. The number of aromatic nitrogens is 4. The van der Waals surface area contributed by atoms with Crippen molar-refractivity contribution in [2.45, 2.75) is 25.8 Å². The van der Waals surface area contributed by atoms with Crippen molar-refractivity contribution in [2.24, 2.45) is 5.92 Å². The third-order valence-electron chi connectivity index (χ3n) is 6.60. The minimum absolute atomic E-state index is 0.105. The van der Waals surface area contributed by atoms with E-state index in [0.717, 1.165) is 60.7 Å². The smallest absolute Gasteiger partial charge is 0.253 e. The maximum Gasteiger partial charge on any atom is 0.253 e. The first-order valence-electron chi connectivity index (χ1n) is 12.1. The molecule has 1 aliphatic heterocycles. The number of para-hydroxylation sites is 1. The van der Waals surface area contributed by atoms with Crippen LogP contribution in [0.3, 0.4) is 0 Å². The van der Waals surface area contributed by atoms with Crippen LogP contribution in [0.5, 0.6) is 0 Å². The summed E-state index contributed by atoms with van der Waals surface area (Å²) in [4.78, 5) is 21.4. The van der Waals surface area contributed by atoms with Gasteiger partial charge in [-0.25, -0.2) is 4.98 Å². The van der Waals surface area contributed by atoms with Gasteiger partial charge in [0.15, 0.2) is 5.82 Å². The number of benzene rings is 2. The molecule has 0 bridgehead atoms. The highest BCUT2D eigenvalue weighted by molar-refractivity contribution is 5.94. The average molecular weight is 467 g/mol. The Morgan fingerprint density at radius 3 is 2.71 bits per heavy atom. The van der Waals surface area contributed by atoms with Crippen molar-refractivity contribution in [1.29, 1.82) is 0 Å². The number of carbonyl (C=O) groups excluding carboxylic acids is 1. The van der Waals surface area contributed by atoms with Gasteiger partial charge < -0.3 is 14.4 Å². The van der Waals surface area contributed by atoms with Gasteiger partial charge in [-0.3, -0.25) is 4.79 Å². The number of piperidine rings is 1. The normalized spacial score (nSPS) is 15.7. The van der Waals surface area contributed by atoms with Gasteiger partial charge >= 0.3 is 0 Å². The Kier molecular flexibility index (Phi) is 6.84. The van der Waals surface area contributed by atoms with E-state index < -0.39 is 0 Å². The number of likely N-dealkylation sites (tertiary alicyclic amines) is 1. The molecule has 7 nitrogen and oxygen atoms in total. The van der Waals surface area contributed by atoms with Gasteiger partial charge in [0.05, 0.1) is 12.0 Å². The molecule has 5 rings (SSSR count). The third-order valence-corrected chi connectivity index (χ3v) is 6.60. The zero-order chi connectivity index (χ0) is 24.0. The summed E-state index contributed by atoms with van der Waals surface area (Å²) < 4.78 is 2.00. The van der Waals surface area contributed by atoms with Crippen LogP contribution in [0.1, 0.15) is 34.5 Å². The van der Waals surface area contributed by atoms with Crippen LogP contribution >= 0.6 is 0 Å². The third kappa shape index (κ3) is 5.57. The minimum atomic E-state index is 0.105. The first kappa shape index (κ1) is 22.8. The highest BCUT2D eigenvalue weighted by Crippen LogP contribution is 2.24. The fourth-order valence-corrected chi connectivity index (χ4v) is 4.71. The van der Waals surface area contributed by atoms with Gasteiger partial charge in [0.2, 0.25) is 0 Å². The first-order valence-corrected chi connectivity index (χ1v) is 12.1. The predicted octanol–water partition coefficient (Wildman–Crippen LogP) is 4.58. The Morgan fingerprint density at radius 1 is 1.06 bits per heavy atom. The van der Waals surface area contributed by atoms with Crippen molar-refractivity contribution in [3.8, 4) is 0 Å². The second-order valence-electron chi connectivity index (χ2n) is 9.18. The molecule has 0 spiro atoms. The van der Waals surface area contributed by atoms with Crippen LogP contribution in [-0.2, 0) is 13.0 Å². The highest BCUT2D eigenvalue weighted by Gasteiger charge is 2.25. The van der Waals surface area contributed by atoms with E-state index in [1.54, 1.807) is 12.5 Å². The molecule has 0 unspecified atom stereocenters. The summed E-state index contributed by atoms with van der Waals surface area (Å²) in [5, 5.41) is 8.94. The molecule has 1 atom stereocenters. The summed E-state index contributed by atoms with van der Waals surface area (Å²) in [6.07, 6.45) is 8.41. The summed E-state index contributed by atoms with van der Waals surface area (Å²) in [7, 11) is 1.99. The lowest BCUT2D eigenvalue weighted by Crippen LogP contribution is -2.40. The molecule has 0 radical (unpaired) electrons. The second kappa shape index (κ2) is 10.5. The molecule has 4 aromatic rings. The first-order chi connectivity index (χ1) is 17.2. The van der Waals surface area contributed by atoms with Crippen LogP contribution in [0.25, 0.3) is 0 Å².